The monoisotopic (exact) mass is 248 g/mol. The molecule has 0 aromatic carbocycles. The summed E-state index contributed by atoms with van der Waals surface area (Å²) in [5.41, 5.74) is 0. The third-order valence-corrected chi connectivity index (χ3v) is 3.58. The number of halogens is 1. The van der Waals surface area contributed by atoms with Crippen LogP contribution in [0.1, 0.15) is 20.3 Å². The summed E-state index contributed by atoms with van der Waals surface area (Å²) in [7, 11) is 0. The SMILES string of the molecule is CC1OCCN(C(=O)[C@@H]2CCNC2)C1C.Cl. The van der Waals surface area contributed by atoms with Crippen molar-refractivity contribution in [2.75, 3.05) is 26.2 Å². The van der Waals surface area contributed by atoms with E-state index in [1.54, 1.807) is 0 Å². The summed E-state index contributed by atoms with van der Waals surface area (Å²) in [5, 5.41) is 3.24. The topological polar surface area (TPSA) is 41.6 Å². The predicted octanol–water partition coefficient (Wildman–Crippen LogP) is 0.653. The highest BCUT2D eigenvalue weighted by Crippen LogP contribution is 2.19. The summed E-state index contributed by atoms with van der Waals surface area (Å²) in [6.45, 7) is 7.36. The van der Waals surface area contributed by atoms with Gasteiger partial charge < -0.3 is 15.0 Å². The van der Waals surface area contributed by atoms with Crippen LogP contribution in [0.4, 0.5) is 0 Å². The number of carbonyl (C=O) groups is 1. The molecule has 1 amide bonds. The van der Waals surface area contributed by atoms with Gasteiger partial charge in [-0.25, -0.2) is 0 Å². The van der Waals surface area contributed by atoms with E-state index in [0.717, 1.165) is 26.1 Å². The van der Waals surface area contributed by atoms with Gasteiger partial charge in [-0.3, -0.25) is 4.79 Å². The van der Waals surface area contributed by atoms with Crippen molar-refractivity contribution in [2.45, 2.75) is 32.4 Å². The number of nitrogens with zero attached hydrogens (tertiary/aromatic N) is 1. The zero-order valence-corrected chi connectivity index (χ0v) is 10.8. The largest absolute Gasteiger partial charge is 0.375 e. The Labute approximate surface area is 103 Å². The minimum atomic E-state index is 0. The first-order chi connectivity index (χ1) is 7.20. The molecule has 0 spiro atoms. The Morgan fingerprint density at radius 2 is 2.19 bits per heavy atom. The molecule has 4 nitrogen and oxygen atoms in total. The van der Waals surface area contributed by atoms with E-state index >= 15 is 0 Å². The van der Waals surface area contributed by atoms with E-state index in [1.165, 1.54) is 0 Å². The van der Waals surface area contributed by atoms with Crippen molar-refractivity contribution in [1.82, 2.24) is 10.2 Å². The fourth-order valence-corrected chi connectivity index (χ4v) is 2.34. The Kier molecular flexibility index (Phi) is 5.02. The highest BCUT2D eigenvalue weighted by atomic mass is 35.5. The lowest BCUT2D eigenvalue weighted by Crippen LogP contribution is -2.53. The number of rotatable bonds is 1. The number of nitrogens with one attached hydrogen (secondary N) is 1. The van der Waals surface area contributed by atoms with Crippen molar-refractivity contribution >= 4 is 18.3 Å². The quantitative estimate of drug-likeness (QED) is 0.741. The number of hydrogen-bond acceptors (Lipinski definition) is 3. The van der Waals surface area contributed by atoms with Crippen LogP contribution in [0.5, 0.6) is 0 Å². The molecular formula is C11H21ClN2O2. The summed E-state index contributed by atoms with van der Waals surface area (Å²) in [6, 6.07) is 0.215. The summed E-state index contributed by atoms with van der Waals surface area (Å²) >= 11 is 0. The molecule has 16 heavy (non-hydrogen) atoms. The fourth-order valence-electron chi connectivity index (χ4n) is 2.34. The van der Waals surface area contributed by atoms with Gasteiger partial charge in [-0.05, 0) is 26.8 Å². The first-order valence-corrected chi connectivity index (χ1v) is 5.83. The molecular weight excluding hydrogens is 228 g/mol. The van der Waals surface area contributed by atoms with Crippen LogP contribution in [0.2, 0.25) is 0 Å². The first kappa shape index (κ1) is 13.7. The van der Waals surface area contributed by atoms with Crippen molar-refractivity contribution in [3.05, 3.63) is 0 Å². The lowest BCUT2D eigenvalue weighted by molar-refractivity contribution is -0.147. The van der Waals surface area contributed by atoms with E-state index in [9.17, 15) is 4.79 Å². The molecule has 2 aliphatic heterocycles. The van der Waals surface area contributed by atoms with Crippen LogP contribution in [0.25, 0.3) is 0 Å². The van der Waals surface area contributed by atoms with Crippen molar-refractivity contribution in [3.63, 3.8) is 0 Å². The normalized spacial score (nSPS) is 34.6. The van der Waals surface area contributed by atoms with Gasteiger partial charge in [0, 0.05) is 13.1 Å². The minimum absolute atomic E-state index is 0. The predicted molar refractivity (Wildman–Crippen MR) is 64.8 cm³/mol. The third kappa shape index (κ3) is 2.67. The summed E-state index contributed by atoms with van der Waals surface area (Å²) in [6.07, 6.45) is 1.15. The summed E-state index contributed by atoms with van der Waals surface area (Å²) in [5.74, 6) is 0.500. The van der Waals surface area contributed by atoms with Crippen LogP contribution >= 0.6 is 12.4 Å². The van der Waals surface area contributed by atoms with E-state index in [0.29, 0.717) is 12.5 Å². The fraction of sp³-hybridized carbons (Fsp3) is 0.909. The number of amides is 1. The second-order valence-electron chi connectivity index (χ2n) is 4.54. The van der Waals surface area contributed by atoms with Crippen LogP contribution in [0, 0.1) is 5.92 Å². The van der Waals surface area contributed by atoms with E-state index < -0.39 is 0 Å². The molecule has 2 unspecified atom stereocenters. The van der Waals surface area contributed by atoms with Gasteiger partial charge in [-0.2, -0.15) is 0 Å². The van der Waals surface area contributed by atoms with E-state index in [2.05, 4.69) is 12.2 Å². The second kappa shape index (κ2) is 5.84. The van der Waals surface area contributed by atoms with Crippen LogP contribution in [0.15, 0.2) is 0 Å². The average Bonchev–Trinajstić information content (AvgIpc) is 2.74. The Hall–Kier alpha value is -0.320. The van der Waals surface area contributed by atoms with E-state index in [1.807, 2.05) is 11.8 Å². The standard InChI is InChI=1S/C11H20N2O2.ClH/c1-8-9(2)15-6-5-13(8)11(14)10-3-4-12-7-10;/h8-10,12H,3-7H2,1-2H3;1H/t8?,9?,10-;/m1./s1. The zero-order chi connectivity index (χ0) is 10.8. The lowest BCUT2D eigenvalue weighted by Gasteiger charge is -2.39. The third-order valence-electron chi connectivity index (χ3n) is 3.58. The van der Waals surface area contributed by atoms with Crippen molar-refractivity contribution in [3.8, 4) is 0 Å². The van der Waals surface area contributed by atoms with Gasteiger partial charge in [0.25, 0.3) is 0 Å². The van der Waals surface area contributed by atoms with E-state index in [4.69, 9.17) is 4.74 Å². The van der Waals surface area contributed by atoms with Crippen molar-refractivity contribution in [1.29, 1.82) is 0 Å². The Morgan fingerprint density at radius 3 is 2.81 bits per heavy atom. The van der Waals surface area contributed by atoms with Crippen LogP contribution in [-0.4, -0.2) is 49.2 Å². The maximum atomic E-state index is 12.2. The number of hydrogen-bond donors (Lipinski definition) is 1. The lowest BCUT2D eigenvalue weighted by atomic mass is 10.0. The molecule has 0 radical (unpaired) electrons. The van der Waals surface area contributed by atoms with Crippen LogP contribution < -0.4 is 5.32 Å². The molecule has 2 rings (SSSR count). The summed E-state index contributed by atoms with van der Waals surface area (Å²) < 4.78 is 5.52. The smallest absolute Gasteiger partial charge is 0.227 e. The first-order valence-electron chi connectivity index (χ1n) is 5.83. The van der Waals surface area contributed by atoms with Gasteiger partial charge in [0.2, 0.25) is 5.91 Å². The highest BCUT2D eigenvalue weighted by molar-refractivity contribution is 5.85. The molecule has 0 aromatic rings. The molecule has 5 heteroatoms. The molecule has 1 N–H and O–H groups in total. The maximum Gasteiger partial charge on any atom is 0.227 e. The van der Waals surface area contributed by atoms with Gasteiger partial charge in [-0.1, -0.05) is 0 Å². The Morgan fingerprint density at radius 1 is 1.44 bits per heavy atom. The van der Waals surface area contributed by atoms with Gasteiger partial charge in [-0.15, -0.1) is 12.4 Å². The van der Waals surface area contributed by atoms with Crippen molar-refractivity contribution < 1.29 is 9.53 Å². The molecule has 2 saturated heterocycles. The summed E-state index contributed by atoms with van der Waals surface area (Å²) in [4.78, 5) is 14.2. The maximum absolute atomic E-state index is 12.2. The number of carbonyl (C=O) groups excluding carboxylic acids is 1. The van der Waals surface area contributed by atoms with Crippen molar-refractivity contribution in [2.24, 2.45) is 5.92 Å². The highest BCUT2D eigenvalue weighted by Gasteiger charge is 2.34. The zero-order valence-electron chi connectivity index (χ0n) is 9.94. The molecule has 0 aromatic heterocycles. The second-order valence-corrected chi connectivity index (χ2v) is 4.54. The van der Waals surface area contributed by atoms with Crippen LogP contribution in [-0.2, 0) is 9.53 Å². The molecule has 3 atom stereocenters. The molecule has 2 fully saturated rings. The molecule has 2 heterocycles. The van der Waals surface area contributed by atoms with Crippen LogP contribution in [0.3, 0.4) is 0 Å². The molecule has 0 saturated carbocycles. The van der Waals surface area contributed by atoms with Gasteiger partial charge in [0.15, 0.2) is 0 Å². The van der Waals surface area contributed by atoms with Gasteiger partial charge in [0.05, 0.1) is 24.7 Å². The molecule has 94 valence electrons. The molecule has 2 aliphatic rings. The number of ether oxygens (including phenoxy) is 1. The van der Waals surface area contributed by atoms with E-state index in [-0.39, 0.29) is 30.5 Å². The Bertz CT molecular complexity index is 244. The number of morpholine rings is 1. The molecule has 0 bridgehead atoms. The molecule has 0 aliphatic carbocycles. The van der Waals surface area contributed by atoms with Gasteiger partial charge in [0.1, 0.15) is 0 Å². The van der Waals surface area contributed by atoms with Gasteiger partial charge >= 0.3 is 0 Å². The average molecular weight is 249 g/mol. The minimum Gasteiger partial charge on any atom is -0.375 e. The Balaban J connectivity index is 0.00000128.